The Kier molecular flexibility index (Phi) is 7.03. The van der Waals surface area contributed by atoms with E-state index < -0.39 is 0 Å². The lowest BCUT2D eigenvalue weighted by Gasteiger charge is -2.24. The quantitative estimate of drug-likeness (QED) is 0.881. The van der Waals surface area contributed by atoms with E-state index in [1.54, 1.807) is 11.8 Å². The average Bonchev–Trinajstić information content (AvgIpc) is 2.89. The molecular formula is C16H25ClN2O2S. The molecule has 1 heterocycles. The van der Waals surface area contributed by atoms with Gasteiger partial charge in [-0.05, 0) is 39.3 Å². The van der Waals surface area contributed by atoms with Gasteiger partial charge < -0.3 is 10.1 Å². The summed E-state index contributed by atoms with van der Waals surface area (Å²) in [6.45, 7) is 8.61. The van der Waals surface area contributed by atoms with E-state index >= 15 is 0 Å². The van der Waals surface area contributed by atoms with Crippen molar-refractivity contribution in [2.24, 2.45) is 0 Å². The number of thioether (sulfide) groups is 1. The fourth-order valence-corrected chi connectivity index (χ4v) is 3.04. The molecule has 1 aromatic carbocycles. The van der Waals surface area contributed by atoms with E-state index in [4.69, 9.17) is 4.74 Å². The minimum Gasteiger partial charge on any atom is -0.488 e. The van der Waals surface area contributed by atoms with E-state index in [9.17, 15) is 4.79 Å². The van der Waals surface area contributed by atoms with Crippen LogP contribution in [0.3, 0.4) is 0 Å². The maximum Gasteiger partial charge on any atom is 0.238 e. The standard InChI is InChI=1S/C16H24N2O2S.ClH/c1-11-5-6-12(14(7-11)20-16(2,3)4)8-17-15(19)13-9-21-10-18-13;/h5-7,13,18H,8-10H2,1-4H3,(H,17,19);1H. The molecule has 1 aromatic rings. The van der Waals surface area contributed by atoms with Crippen LogP contribution in [0.4, 0.5) is 0 Å². The molecule has 124 valence electrons. The third kappa shape index (κ3) is 5.71. The number of carbonyl (C=O) groups excluding carboxylic acids is 1. The monoisotopic (exact) mass is 344 g/mol. The van der Waals surface area contributed by atoms with Gasteiger partial charge in [-0.3, -0.25) is 10.1 Å². The molecule has 0 spiro atoms. The lowest BCUT2D eigenvalue weighted by Crippen LogP contribution is -2.41. The van der Waals surface area contributed by atoms with E-state index in [1.165, 1.54) is 0 Å². The fourth-order valence-electron chi connectivity index (χ4n) is 2.10. The van der Waals surface area contributed by atoms with Crippen LogP contribution in [-0.4, -0.2) is 29.2 Å². The van der Waals surface area contributed by atoms with Crippen LogP contribution in [0.5, 0.6) is 5.75 Å². The molecule has 4 nitrogen and oxygen atoms in total. The summed E-state index contributed by atoms with van der Waals surface area (Å²) in [7, 11) is 0. The van der Waals surface area contributed by atoms with Crippen LogP contribution >= 0.6 is 24.2 Å². The van der Waals surface area contributed by atoms with Gasteiger partial charge in [0.15, 0.2) is 0 Å². The first-order valence-corrected chi connectivity index (χ1v) is 8.38. The highest BCUT2D eigenvalue weighted by Gasteiger charge is 2.22. The van der Waals surface area contributed by atoms with Crippen molar-refractivity contribution in [3.63, 3.8) is 0 Å². The number of amides is 1. The average molecular weight is 345 g/mol. The molecule has 0 aliphatic carbocycles. The molecule has 1 fully saturated rings. The summed E-state index contributed by atoms with van der Waals surface area (Å²) in [5.74, 6) is 2.59. The molecule has 1 aliphatic heterocycles. The second kappa shape index (κ2) is 8.09. The predicted octanol–water partition coefficient (Wildman–Crippen LogP) is 2.87. The van der Waals surface area contributed by atoms with Gasteiger partial charge in [0.1, 0.15) is 11.4 Å². The molecule has 2 N–H and O–H groups in total. The molecule has 0 saturated carbocycles. The first-order chi connectivity index (χ1) is 9.85. The molecular weight excluding hydrogens is 320 g/mol. The minimum atomic E-state index is -0.254. The number of halogens is 1. The first-order valence-electron chi connectivity index (χ1n) is 7.22. The molecule has 1 amide bonds. The Hall–Kier alpha value is -0.910. The second-order valence-corrected chi connectivity index (χ2v) is 7.35. The second-order valence-electron chi connectivity index (χ2n) is 6.32. The van der Waals surface area contributed by atoms with Crippen molar-refractivity contribution < 1.29 is 9.53 Å². The van der Waals surface area contributed by atoms with E-state index in [2.05, 4.69) is 10.6 Å². The van der Waals surface area contributed by atoms with Gasteiger partial charge in [-0.25, -0.2) is 0 Å². The number of benzene rings is 1. The Labute approximate surface area is 143 Å². The van der Waals surface area contributed by atoms with Crippen LogP contribution < -0.4 is 15.4 Å². The van der Waals surface area contributed by atoms with Gasteiger partial charge in [0.2, 0.25) is 5.91 Å². The zero-order valence-electron chi connectivity index (χ0n) is 13.6. The van der Waals surface area contributed by atoms with Crippen LogP contribution in [0.1, 0.15) is 31.9 Å². The number of carbonyl (C=O) groups is 1. The highest BCUT2D eigenvalue weighted by Crippen LogP contribution is 2.24. The third-order valence-electron chi connectivity index (χ3n) is 3.12. The van der Waals surface area contributed by atoms with Crippen molar-refractivity contribution >= 4 is 30.1 Å². The molecule has 1 atom stereocenters. The number of hydrogen-bond acceptors (Lipinski definition) is 4. The Morgan fingerprint density at radius 1 is 1.45 bits per heavy atom. The number of aryl methyl sites for hydroxylation is 1. The minimum absolute atomic E-state index is 0. The van der Waals surface area contributed by atoms with E-state index in [1.807, 2.05) is 45.9 Å². The van der Waals surface area contributed by atoms with Crippen molar-refractivity contribution in [3.05, 3.63) is 29.3 Å². The molecule has 2 rings (SSSR count). The summed E-state index contributed by atoms with van der Waals surface area (Å²) in [5, 5.41) is 6.17. The SMILES string of the molecule is Cc1ccc(CNC(=O)C2CSCN2)c(OC(C)(C)C)c1.Cl. The zero-order valence-corrected chi connectivity index (χ0v) is 15.2. The molecule has 0 radical (unpaired) electrons. The normalized spacial score (nSPS) is 17.7. The number of ether oxygens (including phenoxy) is 1. The Morgan fingerprint density at radius 3 is 2.77 bits per heavy atom. The van der Waals surface area contributed by atoms with Crippen LogP contribution in [0.2, 0.25) is 0 Å². The Morgan fingerprint density at radius 2 is 2.18 bits per heavy atom. The van der Waals surface area contributed by atoms with Gasteiger partial charge in [-0.1, -0.05) is 12.1 Å². The number of rotatable bonds is 4. The summed E-state index contributed by atoms with van der Waals surface area (Å²) in [6.07, 6.45) is 0. The summed E-state index contributed by atoms with van der Waals surface area (Å²) in [6, 6.07) is 6.01. The topological polar surface area (TPSA) is 50.4 Å². The van der Waals surface area contributed by atoms with Crippen LogP contribution in [-0.2, 0) is 11.3 Å². The van der Waals surface area contributed by atoms with Gasteiger partial charge >= 0.3 is 0 Å². The van der Waals surface area contributed by atoms with E-state index in [0.29, 0.717) is 6.54 Å². The number of nitrogens with one attached hydrogen (secondary N) is 2. The summed E-state index contributed by atoms with van der Waals surface area (Å²) in [4.78, 5) is 12.1. The molecule has 1 unspecified atom stereocenters. The molecule has 22 heavy (non-hydrogen) atoms. The predicted molar refractivity (Wildman–Crippen MR) is 94.9 cm³/mol. The number of hydrogen-bond donors (Lipinski definition) is 2. The lowest BCUT2D eigenvalue weighted by molar-refractivity contribution is -0.122. The summed E-state index contributed by atoms with van der Waals surface area (Å²) in [5.41, 5.74) is 1.91. The van der Waals surface area contributed by atoms with Gasteiger partial charge in [-0.15, -0.1) is 24.2 Å². The van der Waals surface area contributed by atoms with Crippen LogP contribution in [0.15, 0.2) is 18.2 Å². The zero-order chi connectivity index (χ0) is 15.5. The largest absolute Gasteiger partial charge is 0.488 e. The maximum atomic E-state index is 12.1. The van der Waals surface area contributed by atoms with Crippen LogP contribution in [0, 0.1) is 6.92 Å². The van der Waals surface area contributed by atoms with E-state index in [0.717, 1.165) is 28.5 Å². The van der Waals surface area contributed by atoms with E-state index in [-0.39, 0.29) is 30.0 Å². The fraction of sp³-hybridized carbons (Fsp3) is 0.562. The van der Waals surface area contributed by atoms with Crippen molar-refractivity contribution in [3.8, 4) is 5.75 Å². The summed E-state index contributed by atoms with van der Waals surface area (Å²) < 4.78 is 6.00. The summed E-state index contributed by atoms with van der Waals surface area (Å²) >= 11 is 1.75. The van der Waals surface area contributed by atoms with Gasteiger partial charge in [0.05, 0.1) is 6.04 Å². The molecule has 6 heteroatoms. The van der Waals surface area contributed by atoms with Crippen molar-refractivity contribution in [2.75, 3.05) is 11.6 Å². The van der Waals surface area contributed by atoms with Gasteiger partial charge in [0.25, 0.3) is 0 Å². The molecule has 1 aliphatic rings. The Bertz CT molecular complexity index is 511. The molecule has 1 saturated heterocycles. The Balaban J connectivity index is 0.00000242. The lowest BCUT2D eigenvalue weighted by atomic mass is 10.1. The van der Waals surface area contributed by atoms with Gasteiger partial charge in [0, 0.05) is 23.7 Å². The van der Waals surface area contributed by atoms with Crippen molar-refractivity contribution in [2.45, 2.75) is 45.9 Å². The molecule has 0 aromatic heterocycles. The maximum absolute atomic E-state index is 12.1. The van der Waals surface area contributed by atoms with Crippen molar-refractivity contribution in [1.82, 2.24) is 10.6 Å². The first kappa shape index (κ1) is 19.1. The van der Waals surface area contributed by atoms with Gasteiger partial charge in [-0.2, -0.15) is 0 Å². The van der Waals surface area contributed by atoms with Crippen LogP contribution in [0.25, 0.3) is 0 Å². The highest BCUT2D eigenvalue weighted by molar-refractivity contribution is 7.99. The molecule has 0 bridgehead atoms. The third-order valence-corrected chi connectivity index (χ3v) is 4.06. The van der Waals surface area contributed by atoms with Crippen molar-refractivity contribution in [1.29, 1.82) is 0 Å². The highest BCUT2D eigenvalue weighted by atomic mass is 35.5. The smallest absolute Gasteiger partial charge is 0.238 e.